The molecule has 1 aliphatic rings. The lowest BCUT2D eigenvalue weighted by Gasteiger charge is -2.31. The van der Waals surface area contributed by atoms with Crippen LogP contribution in [0.1, 0.15) is 19.3 Å². The summed E-state index contributed by atoms with van der Waals surface area (Å²) in [6.07, 6.45) is 3.01. The van der Waals surface area contributed by atoms with Crippen LogP contribution in [0.15, 0.2) is 0 Å². The van der Waals surface area contributed by atoms with Crippen molar-refractivity contribution < 1.29 is 17.9 Å². The molecule has 7 heteroatoms. The van der Waals surface area contributed by atoms with Gasteiger partial charge in [-0.2, -0.15) is 17.4 Å². The van der Waals surface area contributed by atoms with E-state index < -0.39 is 16.3 Å². The third-order valence-corrected chi connectivity index (χ3v) is 4.19. The molecule has 94 valence electrons. The molecule has 1 saturated heterocycles. The fraction of sp³-hybridized carbons (Fsp3) is 0.889. The zero-order chi connectivity index (χ0) is 12.0. The zero-order valence-electron chi connectivity index (χ0n) is 9.39. The van der Waals surface area contributed by atoms with E-state index in [4.69, 9.17) is 4.74 Å². The van der Waals surface area contributed by atoms with E-state index in [9.17, 15) is 13.2 Å². The van der Waals surface area contributed by atoms with E-state index in [2.05, 4.69) is 4.72 Å². The number of piperidine rings is 1. The fourth-order valence-corrected chi connectivity index (χ4v) is 3.11. The summed E-state index contributed by atoms with van der Waals surface area (Å²) in [7, 11) is -2.04. The van der Waals surface area contributed by atoms with Gasteiger partial charge in [-0.15, -0.1) is 0 Å². The minimum absolute atomic E-state index is 0.223. The average Bonchev–Trinajstić information content (AvgIpc) is 2.29. The Morgan fingerprint density at radius 2 is 2.25 bits per heavy atom. The van der Waals surface area contributed by atoms with E-state index in [1.54, 1.807) is 0 Å². The van der Waals surface area contributed by atoms with Crippen molar-refractivity contribution in [1.29, 1.82) is 0 Å². The van der Waals surface area contributed by atoms with Crippen molar-refractivity contribution in [3.05, 3.63) is 0 Å². The number of aldehydes is 1. The molecule has 1 heterocycles. The molecule has 0 amide bonds. The molecule has 0 saturated carbocycles. The van der Waals surface area contributed by atoms with E-state index in [1.165, 1.54) is 11.4 Å². The van der Waals surface area contributed by atoms with Crippen molar-refractivity contribution in [2.75, 3.05) is 26.8 Å². The summed E-state index contributed by atoms with van der Waals surface area (Å²) in [6, 6.07) is -0.520. The Morgan fingerprint density at radius 3 is 2.88 bits per heavy atom. The topological polar surface area (TPSA) is 75.7 Å². The number of rotatable bonds is 6. The highest BCUT2D eigenvalue weighted by Crippen LogP contribution is 2.17. The highest BCUT2D eigenvalue weighted by molar-refractivity contribution is 7.87. The molecule has 1 atom stereocenters. The molecule has 0 radical (unpaired) electrons. The lowest BCUT2D eigenvalue weighted by atomic mass is 10.1. The van der Waals surface area contributed by atoms with Crippen LogP contribution in [0.4, 0.5) is 0 Å². The molecule has 1 rings (SSSR count). The summed E-state index contributed by atoms with van der Waals surface area (Å²) in [5.41, 5.74) is 0. The molecule has 0 aromatic heterocycles. The van der Waals surface area contributed by atoms with E-state index in [-0.39, 0.29) is 6.54 Å². The summed E-state index contributed by atoms with van der Waals surface area (Å²) in [4.78, 5) is 10.8. The maximum absolute atomic E-state index is 11.8. The lowest BCUT2D eigenvalue weighted by Crippen LogP contribution is -2.50. The Morgan fingerprint density at radius 1 is 1.50 bits per heavy atom. The summed E-state index contributed by atoms with van der Waals surface area (Å²) in [5.74, 6) is 0. The summed E-state index contributed by atoms with van der Waals surface area (Å²) < 4.78 is 32.1. The van der Waals surface area contributed by atoms with Crippen LogP contribution in [-0.4, -0.2) is 51.9 Å². The largest absolute Gasteiger partial charge is 0.383 e. The second-order valence-electron chi connectivity index (χ2n) is 3.70. The van der Waals surface area contributed by atoms with Crippen LogP contribution in [0.3, 0.4) is 0 Å². The number of methoxy groups -OCH3 is 1. The molecule has 0 aliphatic carbocycles. The smallest absolute Gasteiger partial charge is 0.280 e. The van der Waals surface area contributed by atoms with Crippen LogP contribution < -0.4 is 4.72 Å². The molecule has 0 bridgehead atoms. The number of hydrogen-bond donors (Lipinski definition) is 1. The van der Waals surface area contributed by atoms with Crippen molar-refractivity contribution in [1.82, 2.24) is 9.03 Å². The van der Waals surface area contributed by atoms with Crippen LogP contribution >= 0.6 is 0 Å². The predicted molar refractivity (Wildman–Crippen MR) is 59.2 cm³/mol. The van der Waals surface area contributed by atoms with Crippen molar-refractivity contribution in [3.63, 3.8) is 0 Å². The Kier molecular flexibility index (Phi) is 5.33. The van der Waals surface area contributed by atoms with Crippen molar-refractivity contribution in [3.8, 4) is 0 Å². The minimum atomic E-state index is -3.54. The third-order valence-electron chi connectivity index (χ3n) is 2.55. The van der Waals surface area contributed by atoms with Crippen LogP contribution in [0.2, 0.25) is 0 Å². The lowest BCUT2D eigenvalue weighted by molar-refractivity contribution is -0.111. The van der Waals surface area contributed by atoms with Gasteiger partial charge >= 0.3 is 0 Å². The molecule has 1 unspecified atom stereocenters. The number of carbonyl (C=O) groups excluding carboxylic acids is 1. The number of ether oxygens (including phenoxy) is 1. The number of carbonyl (C=O) groups is 1. The highest BCUT2D eigenvalue weighted by atomic mass is 32.2. The zero-order valence-corrected chi connectivity index (χ0v) is 10.2. The Bertz CT molecular complexity index is 317. The van der Waals surface area contributed by atoms with Gasteiger partial charge in [0, 0.05) is 20.2 Å². The Balaban J connectivity index is 2.61. The minimum Gasteiger partial charge on any atom is -0.383 e. The average molecular weight is 250 g/mol. The summed E-state index contributed by atoms with van der Waals surface area (Å²) in [5, 5.41) is 0. The molecule has 1 aliphatic heterocycles. The van der Waals surface area contributed by atoms with Crippen molar-refractivity contribution >= 4 is 16.5 Å². The normalized spacial score (nSPS) is 23.2. The first-order chi connectivity index (χ1) is 7.61. The van der Waals surface area contributed by atoms with Gasteiger partial charge in [0.2, 0.25) is 0 Å². The second-order valence-corrected chi connectivity index (χ2v) is 5.41. The first kappa shape index (κ1) is 13.6. The number of hydrogen-bond acceptors (Lipinski definition) is 4. The number of nitrogens with zero attached hydrogens (tertiary/aromatic N) is 1. The molecule has 0 spiro atoms. The SMILES string of the molecule is COCCNS(=O)(=O)N1CCCCC1C=O. The predicted octanol–water partition coefficient (Wildman–Crippen LogP) is -0.479. The Labute approximate surface area is 96.1 Å². The van der Waals surface area contributed by atoms with Gasteiger partial charge in [-0.25, -0.2) is 0 Å². The molecule has 0 aromatic rings. The van der Waals surface area contributed by atoms with Crippen LogP contribution in [-0.2, 0) is 19.7 Å². The quantitative estimate of drug-likeness (QED) is 0.510. The summed E-state index contributed by atoms with van der Waals surface area (Å²) >= 11 is 0. The molecule has 0 aromatic carbocycles. The number of nitrogens with one attached hydrogen (secondary N) is 1. The molecular weight excluding hydrogens is 232 g/mol. The molecule has 16 heavy (non-hydrogen) atoms. The van der Waals surface area contributed by atoms with Gasteiger partial charge in [0.25, 0.3) is 10.2 Å². The fourth-order valence-electron chi connectivity index (χ4n) is 1.72. The van der Waals surface area contributed by atoms with Crippen molar-refractivity contribution in [2.45, 2.75) is 25.3 Å². The Hall–Kier alpha value is -0.500. The van der Waals surface area contributed by atoms with Crippen molar-refractivity contribution in [2.24, 2.45) is 0 Å². The standard InChI is InChI=1S/C9H18N2O4S/c1-15-7-5-10-16(13,14)11-6-3-2-4-9(11)8-12/h8-10H,2-7H2,1H3. The van der Waals surface area contributed by atoms with E-state index in [0.717, 1.165) is 12.8 Å². The van der Waals surface area contributed by atoms with Crippen LogP contribution in [0.5, 0.6) is 0 Å². The maximum atomic E-state index is 11.8. The maximum Gasteiger partial charge on any atom is 0.280 e. The highest BCUT2D eigenvalue weighted by Gasteiger charge is 2.31. The third kappa shape index (κ3) is 3.51. The molecule has 6 nitrogen and oxygen atoms in total. The van der Waals surface area contributed by atoms with Gasteiger partial charge in [0.15, 0.2) is 0 Å². The van der Waals surface area contributed by atoms with Gasteiger partial charge in [-0.05, 0) is 12.8 Å². The van der Waals surface area contributed by atoms with E-state index >= 15 is 0 Å². The van der Waals surface area contributed by atoms with Gasteiger partial charge in [0.1, 0.15) is 6.29 Å². The van der Waals surface area contributed by atoms with E-state index in [0.29, 0.717) is 25.9 Å². The van der Waals surface area contributed by atoms with Gasteiger partial charge in [0.05, 0.1) is 12.6 Å². The van der Waals surface area contributed by atoms with Gasteiger partial charge in [-0.1, -0.05) is 6.42 Å². The van der Waals surface area contributed by atoms with Gasteiger partial charge < -0.3 is 9.53 Å². The monoisotopic (exact) mass is 250 g/mol. The van der Waals surface area contributed by atoms with Crippen LogP contribution in [0.25, 0.3) is 0 Å². The van der Waals surface area contributed by atoms with Gasteiger partial charge in [-0.3, -0.25) is 0 Å². The second kappa shape index (κ2) is 6.29. The molecular formula is C9H18N2O4S. The molecule has 1 fully saturated rings. The summed E-state index contributed by atoms with van der Waals surface area (Å²) in [6.45, 7) is 0.950. The first-order valence-corrected chi connectivity index (χ1v) is 6.76. The van der Waals surface area contributed by atoms with Crippen LogP contribution in [0, 0.1) is 0 Å². The first-order valence-electron chi connectivity index (χ1n) is 5.32. The molecule has 1 N–H and O–H groups in total. The van der Waals surface area contributed by atoms with E-state index in [1.807, 2.05) is 0 Å².